The highest BCUT2D eigenvalue weighted by Gasteiger charge is 2.58. The molecule has 3 aliphatic rings. The molecule has 1 amide bonds. The lowest BCUT2D eigenvalue weighted by atomic mass is 9.54. The van der Waals surface area contributed by atoms with Crippen LogP contribution in [0.3, 0.4) is 0 Å². The molecule has 0 aromatic heterocycles. The topological polar surface area (TPSA) is 75.6 Å². The molecule has 0 bridgehead atoms. The van der Waals surface area contributed by atoms with E-state index in [1.165, 1.54) is 11.1 Å². The number of ketones is 1. The molecule has 2 aromatic rings. The van der Waals surface area contributed by atoms with E-state index in [0.29, 0.717) is 48.8 Å². The highest BCUT2D eigenvalue weighted by atomic mass is 16.5. The van der Waals surface area contributed by atoms with E-state index in [-0.39, 0.29) is 17.1 Å². The fourth-order valence-electron chi connectivity index (χ4n) is 7.42. The van der Waals surface area contributed by atoms with Crippen molar-refractivity contribution in [3.8, 4) is 11.5 Å². The minimum absolute atomic E-state index is 0.0678. The minimum Gasteiger partial charge on any atom is -0.508 e. The number of hydrogen-bond donors (Lipinski definition) is 2. The van der Waals surface area contributed by atoms with E-state index in [2.05, 4.69) is 30.4 Å². The van der Waals surface area contributed by atoms with E-state index in [1.54, 1.807) is 19.2 Å². The second-order valence-electron chi connectivity index (χ2n) is 11.0. The number of aryl methyl sites for hydroxylation is 1. The number of ether oxygens (including phenoxy) is 1. The maximum Gasteiger partial charge on any atom is 0.220 e. The molecule has 3 aliphatic carbocycles. The fraction of sp³-hybridized carbons (Fsp3) is 0.533. The van der Waals surface area contributed by atoms with E-state index in [9.17, 15) is 14.7 Å². The van der Waals surface area contributed by atoms with Gasteiger partial charge in [-0.1, -0.05) is 25.1 Å². The molecule has 3 unspecified atom stereocenters. The zero-order chi connectivity index (χ0) is 24.6. The van der Waals surface area contributed by atoms with Gasteiger partial charge in [0, 0.05) is 24.8 Å². The lowest BCUT2D eigenvalue weighted by Crippen LogP contribution is -2.44. The van der Waals surface area contributed by atoms with Crippen molar-refractivity contribution in [3.05, 3.63) is 59.2 Å². The number of Topliss-reactive ketones (excluding diaryl/α,β-unsaturated/α-hetero) is 1. The van der Waals surface area contributed by atoms with Crippen molar-refractivity contribution in [2.24, 2.45) is 23.2 Å². The number of aromatic hydroxyl groups is 1. The molecule has 5 atom stereocenters. The Morgan fingerprint density at radius 2 is 1.97 bits per heavy atom. The van der Waals surface area contributed by atoms with Crippen LogP contribution in [0.5, 0.6) is 11.5 Å². The monoisotopic (exact) mass is 475 g/mol. The third-order valence-electron chi connectivity index (χ3n) is 9.19. The number of benzene rings is 2. The zero-order valence-electron chi connectivity index (χ0n) is 20.9. The average molecular weight is 476 g/mol. The Labute approximate surface area is 208 Å². The maximum absolute atomic E-state index is 13.2. The molecule has 0 spiro atoms. The standard InChI is InChI=1S/C30H37NO4/c1-30-15-13-25-24-11-9-23(35-2)17-20(24)5-10-26(25)29(30)21(18-27(30)33)6-12-28(34)31-16-14-19-3-7-22(32)8-4-19/h3-4,7-9,11,17,21,25-26,29,32H,5-6,10,12-16,18H2,1-2H3,(H,31,34)/t21-,25?,26?,29?,30-/m1/s1. The number of carbonyl (C=O) groups is 2. The second-order valence-corrected chi connectivity index (χ2v) is 11.0. The molecule has 0 radical (unpaired) electrons. The van der Waals surface area contributed by atoms with Crippen LogP contribution in [0, 0.1) is 23.2 Å². The normalized spacial score (nSPS) is 29.1. The fourth-order valence-corrected chi connectivity index (χ4v) is 7.42. The van der Waals surface area contributed by atoms with E-state index >= 15 is 0 Å². The van der Waals surface area contributed by atoms with Gasteiger partial charge in [0.25, 0.3) is 0 Å². The Bertz CT molecular complexity index is 1090. The summed E-state index contributed by atoms with van der Waals surface area (Å²) in [6.45, 7) is 2.79. The number of rotatable bonds is 7. The Balaban J connectivity index is 1.22. The van der Waals surface area contributed by atoms with Crippen molar-refractivity contribution in [2.45, 2.75) is 64.2 Å². The van der Waals surface area contributed by atoms with Gasteiger partial charge >= 0.3 is 0 Å². The van der Waals surface area contributed by atoms with Crippen molar-refractivity contribution in [1.82, 2.24) is 5.32 Å². The molecular formula is C30H37NO4. The number of hydrogen-bond acceptors (Lipinski definition) is 4. The zero-order valence-corrected chi connectivity index (χ0v) is 20.9. The van der Waals surface area contributed by atoms with Crippen molar-refractivity contribution in [2.75, 3.05) is 13.7 Å². The van der Waals surface area contributed by atoms with Gasteiger partial charge in [-0.25, -0.2) is 0 Å². The molecule has 186 valence electrons. The first-order valence-electron chi connectivity index (χ1n) is 13.1. The number of nitrogens with one attached hydrogen (secondary N) is 1. The van der Waals surface area contributed by atoms with Crippen LogP contribution in [0.2, 0.25) is 0 Å². The van der Waals surface area contributed by atoms with Crippen molar-refractivity contribution in [3.63, 3.8) is 0 Å². The van der Waals surface area contributed by atoms with Crippen LogP contribution in [0.1, 0.15) is 68.1 Å². The smallest absolute Gasteiger partial charge is 0.220 e. The molecule has 5 heteroatoms. The van der Waals surface area contributed by atoms with E-state index < -0.39 is 0 Å². The Morgan fingerprint density at radius 1 is 1.17 bits per heavy atom. The van der Waals surface area contributed by atoms with Gasteiger partial charge in [-0.2, -0.15) is 0 Å². The SMILES string of the molecule is COc1ccc2c(c1)CCC1C2CC[C@]2(C)C(=O)C[C@@H](CCC(=O)NCCc3ccc(O)cc3)C12. The third-order valence-corrected chi connectivity index (χ3v) is 9.19. The summed E-state index contributed by atoms with van der Waals surface area (Å²) < 4.78 is 5.45. The summed E-state index contributed by atoms with van der Waals surface area (Å²) >= 11 is 0. The van der Waals surface area contributed by atoms with Gasteiger partial charge in [0.15, 0.2) is 0 Å². The van der Waals surface area contributed by atoms with Crippen LogP contribution in [0.4, 0.5) is 0 Å². The first kappa shape index (κ1) is 23.9. The maximum atomic E-state index is 13.2. The predicted octanol–water partition coefficient (Wildman–Crippen LogP) is 5.19. The molecule has 5 nitrogen and oxygen atoms in total. The summed E-state index contributed by atoms with van der Waals surface area (Å²) in [7, 11) is 1.72. The largest absolute Gasteiger partial charge is 0.508 e. The predicted molar refractivity (Wildman–Crippen MR) is 136 cm³/mol. The van der Waals surface area contributed by atoms with E-state index in [4.69, 9.17) is 4.74 Å². The number of phenols is 1. The highest BCUT2D eigenvalue weighted by molar-refractivity contribution is 5.88. The number of methoxy groups -OCH3 is 1. The van der Waals surface area contributed by atoms with Gasteiger partial charge in [0.2, 0.25) is 5.91 Å². The third kappa shape index (κ3) is 4.57. The van der Waals surface area contributed by atoms with Gasteiger partial charge in [0.1, 0.15) is 17.3 Å². The van der Waals surface area contributed by atoms with E-state index in [1.807, 2.05) is 12.1 Å². The van der Waals surface area contributed by atoms with Gasteiger partial charge < -0.3 is 15.2 Å². The van der Waals surface area contributed by atoms with Gasteiger partial charge in [-0.05, 0) is 103 Å². The molecule has 0 saturated heterocycles. The Hall–Kier alpha value is -2.82. The first-order valence-corrected chi connectivity index (χ1v) is 13.1. The summed E-state index contributed by atoms with van der Waals surface area (Å²) in [6.07, 6.45) is 6.82. The van der Waals surface area contributed by atoms with Gasteiger partial charge in [-0.15, -0.1) is 0 Å². The van der Waals surface area contributed by atoms with Crippen LogP contribution >= 0.6 is 0 Å². The van der Waals surface area contributed by atoms with Crippen LogP contribution < -0.4 is 10.1 Å². The molecule has 2 fully saturated rings. The van der Waals surface area contributed by atoms with Gasteiger partial charge in [-0.3, -0.25) is 9.59 Å². The lowest BCUT2D eigenvalue weighted by molar-refractivity contribution is -0.129. The van der Waals surface area contributed by atoms with Crippen molar-refractivity contribution in [1.29, 1.82) is 0 Å². The summed E-state index contributed by atoms with van der Waals surface area (Å²) in [5.74, 6) is 3.35. The summed E-state index contributed by atoms with van der Waals surface area (Å²) in [5, 5.41) is 12.5. The number of fused-ring (bicyclic) bond motifs is 5. The molecule has 0 aliphatic heterocycles. The van der Waals surface area contributed by atoms with Crippen LogP contribution in [0.15, 0.2) is 42.5 Å². The number of amides is 1. The quantitative estimate of drug-likeness (QED) is 0.578. The first-order chi connectivity index (χ1) is 16.9. The van der Waals surface area contributed by atoms with Crippen LogP contribution in [-0.4, -0.2) is 30.5 Å². The number of carbonyl (C=O) groups excluding carboxylic acids is 2. The summed E-state index contributed by atoms with van der Waals surface area (Å²) in [4.78, 5) is 25.8. The van der Waals surface area contributed by atoms with Crippen molar-refractivity contribution >= 4 is 11.7 Å². The second kappa shape index (κ2) is 9.67. The number of phenolic OH excluding ortho intramolecular Hbond substituents is 1. The van der Waals surface area contributed by atoms with Crippen LogP contribution in [0.25, 0.3) is 0 Å². The molecule has 2 N–H and O–H groups in total. The molecule has 5 rings (SSSR count). The molecule has 0 heterocycles. The molecule has 35 heavy (non-hydrogen) atoms. The summed E-state index contributed by atoms with van der Waals surface area (Å²) in [6, 6.07) is 13.6. The molecule has 2 saturated carbocycles. The highest BCUT2D eigenvalue weighted by Crippen LogP contribution is 2.62. The average Bonchev–Trinajstić information content (AvgIpc) is 3.13. The van der Waals surface area contributed by atoms with Crippen LogP contribution in [-0.2, 0) is 22.4 Å². The van der Waals surface area contributed by atoms with Gasteiger partial charge in [0.05, 0.1) is 7.11 Å². The van der Waals surface area contributed by atoms with E-state index in [0.717, 1.165) is 49.8 Å². The Morgan fingerprint density at radius 3 is 2.74 bits per heavy atom. The van der Waals surface area contributed by atoms with Crippen molar-refractivity contribution < 1.29 is 19.4 Å². The summed E-state index contributed by atoms with van der Waals surface area (Å²) in [5.41, 5.74) is 3.71. The molecular weight excluding hydrogens is 438 g/mol. The molecule has 2 aromatic carbocycles. The Kier molecular flexibility index (Phi) is 6.61. The lowest BCUT2D eigenvalue weighted by Gasteiger charge is -2.50. The minimum atomic E-state index is -0.231.